The van der Waals surface area contributed by atoms with E-state index in [2.05, 4.69) is 149 Å². The summed E-state index contributed by atoms with van der Waals surface area (Å²) in [6, 6.07) is 43.1. The van der Waals surface area contributed by atoms with Crippen LogP contribution >= 0.6 is 0 Å². The van der Waals surface area contributed by atoms with Crippen molar-refractivity contribution < 1.29 is 18.6 Å². The monoisotopic (exact) mass is 586 g/mol. The summed E-state index contributed by atoms with van der Waals surface area (Å²) in [5.74, 6) is 0. The van der Waals surface area contributed by atoms with Crippen molar-refractivity contribution in [3.8, 4) is 0 Å². The second-order valence-corrected chi connectivity index (χ2v) is 13.9. The minimum absolute atomic E-state index is 0.145. The minimum Gasteiger partial charge on any atom is -0.413 e. The highest BCUT2D eigenvalue weighted by molar-refractivity contribution is 7.10. The molecule has 0 radical (unpaired) electrons. The fourth-order valence-electron chi connectivity index (χ4n) is 6.80. The van der Waals surface area contributed by atoms with E-state index in [0.29, 0.717) is 13.2 Å². The van der Waals surface area contributed by atoms with E-state index >= 15 is 0 Å². The Morgan fingerprint density at radius 2 is 0.841 bits per heavy atom. The number of hydrogen-bond acceptors (Lipinski definition) is 4. The van der Waals surface area contributed by atoms with Crippen molar-refractivity contribution in [3.63, 3.8) is 0 Å². The summed E-state index contributed by atoms with van der Waals surface area (Å²) in [5.41, 5.74) is 3.42. The van der Waals surface area contributed by atoms with Crippen LogP contribution in [0.15, 0.2) is 121 Å². The Labute approximate surface area is 264 Å². The first-order valence-corrected chi connectivity index (χ1v) is 15.9. The van der Waals surface area contributed by atoms with Crippen LogP contribution in [-0.4, -0.2) is 38.4 Å². The topological polar surface area (TPSA) is 36.9 Å². The van der Waals surface area contributed by atoms with Crippen molar-refractivity contribution in [2.45, 2.75) is 64.6 Å². The van der Waals surface area contributed by atoms with E-state index in [1.54, 1.807) is 0 Å². The molecule has 6 rings (SSSR count). The lowest BCUT2D eigenvalue weighted by Gasteiger charge is -2.57. The van der Waals surface area contributed by atoms with Crippen LogP contribution in [0.3, 0.4) is 0 Å². The molecule has 0 spiro atoms. The van der Waals surface area contributed by atoms with E-state index < -0.39 is 30.6 Å². The van der Waals surface area contributed by atoms with Crippen LogP contribution in [-0.2, 0) is 44.3 Å². The average molecular weight is 586 g/mol. The second-order valence-electron chi connectivity index (χ2n) is 13.9. The van der Waals surface area contributed by atoms with Gasteiger partial charge in [0, 0.05) is 36.9 Å². The molecule has 44 heavy (non-hydrogen) atoms. The molecule has 0 saturated carbocycles. The lowest BCUT2D eigenvalue weighted by molar-refractivity contribution is -0.143. The maximum Gasteiger partial charge on any atom is 0.488 e. The molecular weight excluding hydrogens is 542 g/mol. The van der Waals surface area contributed by atoms with Crippen LogP contribution in [0.25, 0.3) is 0 Å². The normalized spacial score (nSPS) is 20.3. The van der Waals surface area contributed by atoms with Crippen LogP contribution in [0.1, 0.15) is 49.9 Å². The van der Waals surface area contributed by atoms with Gasteiger partial charge in [0.25, 0.3) is 0 Å². The van der Waals surface area contributed by atoms with Gasteiger partial charge < -0.3 is 18.6 Å². The second kappa shape index (κ2) is 12.7. The smallest absolute Gasteiger partial charge is 0.413 e. The zero-order valence-corrected chi connectivity index (χ0v) is 26.6. The summed E-state index contributed by atoms with van der Waals surface area (Å²) >= 11 is 0. The summed E-state index contributed by atoms with van der Waals surface area (Å²) in [6.45, 7) is 9.73. The molecule has 4 nitrogen and oxygen atoms in total. The predicted molar refractivity (Wildman–Crippen MR) is 179 cm³/mol. The third-order valence-corrected chi connectivity index (χ3v) is 10.1. The molecule has 6 heteroatoms. The summed E-state index contributed by atoms with van der Waals surface area (Å²) in [6.07, 6.45) is 3.06. The largest absolute Gasteiger partial charge is 0.488 e. The van der Waals surface area contributed by atoms with Gasteiger partial charge in [0.15, 0.2) is 0 Å². The number of hydrogen-bond donors (Lipinski definition) is 0. The Morgan fingerprint density at radius 1 is 0.477 bits per heavy atom. The van der Waals surface area contributed by atoms with Gasteiger partial charge in [-0.15, -0.1) is 0 Å². The van der Waals surface area contributed by atoms with E-state index in [1.807, 2.05) is 0 Å². The highest BCUT2D eigenvalue weighted by atomic mass is 16.7. The van der Waals surface area contributed by atoms with Gasteiger partial charge in [0.05, 0.1) is 11.2 Å². The van der Waals surface area contributed by atoms with Crippen LogP contribution in [0, 0.1) is 10.8 Å². The molecule has 2 saturated heterocycles. The van der Waals surface area contributed by atoms with Crippen LogP contribution in [0.5, 0.6) is 0 Å². The zero-order chi connectivity index (χ0) is 30.7. The van der Waals surface area contributed by atoms with Gasteiger partial charge in [-0.1, -0.05) is 135 Å². The molecule has 0 bridgehead atoms. The van der Waals surface area contributed by atoms with Gasteiger partial charge in [0.1, 0.15) is 0 Å². The molecule has 0 aromatic heterocycles. The van der Waals surface area contributed by atoms with E-state index in [-0.39, 0.29) is 5.41 Å². The Morgan fingerprint density at radius 3 is 1.25 bits per heavy atom. The van der Waals surface area contributed by atoms with Gasteiger partial charge >= 0.3 is 14.0 Å². The standard InChI is InChI=1S/C38H44B2O4/c1-35(2)29-41-39(43-36(35,3)4)40-42-30-37(25-31-17-9-5-10-18-31,26-32-19-11-6-12-20-32)38(44-40,27-33-21-13-7-14-22-33)28-34-23-15-8-16-24-34/h5-24H,25-30H2,1-4H3. The van der Waals surface area contributed by atoms with Crippen molar-refractivity contribution >= 4 is 14.0 Å². The van der Waals surface area contributed by atoms with E-state index in [1.165, 1.54) is 22.3 Å². The molecule has 0 N–H and O–H groups in total. The van der Waals surface area contributed by atoms with Crippen molar-refractivity contribution in [2.75, 3.05) is 13.2 Å². The third kappa shape index (κ3) is 6.46. The maximum absolute atomic E-state index is 7.47. The molecule has 4 aromatic rings. The van der Waals surface area contributed by atoms with Crippen LogP contribution < -0.4 is 0 Å². The van der Waals surface area contributed by atoms with Crippen molar-refractivity contribution in [3.05, 3.63) is 144 Å². The molecular formula is C38H44B2O4. The lowest BCUT2D eigenvalue weighted by Crippen LogP contribution is -2.70. The maximum atomic E-state index is 7.47. The molecule has 2 fully saturated rings. The highest BCUT2D eigenvalue weighted by Gasteiger charge is 2.62. The van der Waals surface area contributed by atoms with Crippen LogP contribution in [0.2, 0.25) is 0 Å². The lowest BCUT2D eigenvalue weighted by atomic mass is 9.44. The quantitative estimate of drug-likeness (QED) is 0.189. The first-order chi connectivity index (χ1) is 21.2. The van der Waals surface area contributed by atoms with Gasteiger partial charge in [-0.25, -0.2) is 0 Å². The van der Waals surface area contributed by atoms with Gasteiger partial charge in [-0.2, -0.15) is 0 Å². The fraction of sp³-hybridized carbons (Fsp3) is 0.368. The summed E-state index contributed by atoms with van der Waals surface area (Å²) in [5, 5.41) is 0. The Hall–Kier alpha value is -3.15. The molecule has 2 aliphatic rings. The molecule has 226 valence electrons. The van der Waals surface area contributed by atoms with Gasteiger partial charge in [-0.05, 0) is 48.9 Å². The van der Waals surface area contributed by atoms with Crippen molar-refractivity contribution in [1.29, 1.82) is 0 Å². The Bertz CT molecular complexity index is 1400. The zero-order valence-electron chi connectivity index (χ0n) is 26.6. The molecule has 0 atom stereocenters. The molecule has 4 aromatic carbocycles. The highest BCUT2D eigenvalue weighted by Crippen LogP contribution is 2.50. The van der Waals surface area contributed by atoms with Crippen molar-refractivity contribution in [1.82, 2.24) is 0 Å². The van der Waals surface area contributed by atoms with Gasteiger partial charge in [0.2, 0.25) is 0 Å². The number of rotatable bonds is 9. The SMILES string of the molecule is CC1(C)COB(B2OCC(Cc3ccccc3)(Cc3ccccc3)C(Cc3ccccc3)(Cc3ccccc3)O2)OC1(C)C. The molecule has 2 aliphatic heterocycles. The minimum atomic E-state index is -0.669. The molecule has 0 aliphatic carbocycles. The fourth-order valence-corrected chi connectivity index (χ4v) is 6.80. The van der Waals surface area contributed by atoms with Crippen molar-refractivity contribution in [2.24, 2.45) is 10.8 Å². The average Bonchev–Trinajstić information content (AvgIpc) is 3.02. The predicted octanol–water partition coefficient (Wildman–Crippen LogP) is 7.64. The van der Waals surface area contributed by atoms with Gasteiger partial charge in [-0.3, -0.25) is 0 Å². The molecule has 2 heterocycles. The van der Waals surface area contributed by atoms with E-state index in [0.717, 1.165) is 25.7 Å². The Kier molecular flexibility index (Phi) is 8.90. The summed E-state index contributed by atoms with van der Waals surface area (Å²) < 4.78 is 27.3. The van der Waals surface area contributed by atoms with E-state index in [9.17, 15) is 0 Å². The van der Waals surface area contributed by atoms with Crippen LogP contribution in [0.4, 0.5) is 0 Å². The van der Waals surface area contributed by atoms with E-state index in [4.69, 9.17) is 18.6 Å². The summed E-state index contributed by atoms with van der Waals surface area (Å²) in [7, 11) is -1.30. The first kappa shape index (κ1) is 30.9. The Balaban J connectivity index is 1.49. The molecule has 0 amide bonds. The summed E-state index contributed by atoms with van der Waals surface area (Å²) in [4.78, 5) is 0. The third-order valence-electron chi connectivity index (χ3n) is 10.1. The molecule has 0 unspecified atom stereocenters. The first-order valence-electron chi connectivity index (χ1n) is 15.9. The number of benzene rings is 4.